The summed E-state index contributed by atoms with van der Waals surface area (Å²) in [4.78, 5) is 23.1. The fourth-order valence-electron chi connectivity index (χ4n) is 2.19. The second-order valence-electron chi connectivity index (χ2n) is 4.70. The summed E-state index contributed by atoms with van der Waals surface area (Å²) in [5.41, 5.74) is 5.25. The standard InChI is InChI=1S/C12H23N3O2/c1-3-12(4-2,8-13)11(17)14-7-9-5-6-10(16)15-9/h9H,3-8,13H2,1-2H3,(H,14,17)(H,15,16). The number of rotatable bonds is 6. The Labute approximate surface area is 103 Å². The molecule has 0 aromatic carbocycles. The highest BCUT2D eigenvalue weighted by Crippen LogP contribution is 2.24. The molecule has 1 rings (SSSR count). The number of carbonyl (C=O) groups excluding carboxylic acids is 2. The summed E-state index contributed by atoms with van der Waals surface area (Å²) < 4.78 is 0. The highest BCUT2D eigenvalue weighted by Gasteiger charge is 2.33. The van der Waals surface area contributed by atoms with Crippen LogP contribution in [-0.2, 0) is 9.59 Å². The lowest BCUT2D eigenvalue weighted by molar-refractivity contribution is -0.131. The lowest BCUT2D eigenvalue weighted by Crippen LogP contribution is -2.48. The van der Waals surface area contributed by atoms with Gasteiger partial charge in [0.2, 0.25) is 11.8 Å². The highest BCUT2D eigenvalue weighted by molar-refractivity contribution is 5.83. The largest absolute Gasteiger partial charge is 0.354 e. The summed E-state index contributed by atoms with van der Waals surface area (Å²) in [6, 6.07) is 0.0793. The molecule has 2 amide bonds. The van der Waals surface area contributed by atoms with Gasteiger partial charge in [0, 0.05) is 25.6 Å². The molecule has 1 saturated heterocycles. The summed E-state index contributed by atoms with van der Waals surface area (Å²) in [5.74, 6) is 0.0754. The zero-order chi connectivity index (χ0) is 12.9. The Balaban J connectivity index is 2.45. The lowest BCUT2D eigenvalue weighted by Gasteiger charge is -2.29. The average molecular weight is 241 g/mol. The van der Waals surface area contributed by atoms with Crippen molar-refractivity contribution in [3.63, 3.8) is 0 Å². The molecule has 0 radical (unpaired) electrons. The number of hydrogen-bond donors (Lipinski definition) is 3. The van der Waals surface area contributed by atoms with E-state index in [0.717, 1.165) is 19.3 Å². The Morgan fingerprint density at radius 1 is 1.53 bits per heavy atom. The molecule has 1 heterocycles. The van der Waals surface area contributed by atoms with Crippen molar-refractivity contribution in [2.75, 3.05) is 13.1 Å². The number of hydrogen-bond acceptors (Lipinski definition) is 3. The van der Waals surface area contributed by atoms with E-state index in [1.54, 1.807) is 0 Å². The molecule has 0 saturated carbocycles. The van der Waals surface area contributed by atoms with Crippen LogP contribution in [-0.4, -0.2) is 30.9 Å². The molecule has 0 aromatic heterocycles. The predicted octanol–water partition coefficient (Wildman–Crippen LogP) is 0.146. The van der Waals surface area contributed by atoms with Crippen molar-refractivity contribution in [3.05, 3.63) is 0 Å². The van der Waals surface area contributed by atoms with Gasteiger partial charge in [-0.2, -0.15) is 0 Å². The van der Waals surface area contributed by atoms with Crippen LogP contribution in [0.1, 0.15) is 39.5 Å². The Hall–Kier alpha value is -1.10. The van der Waals surface area contributed by atoms with Crippen LogP contribution in [0.2, 0.25) is 0 Å². The molecular weight excluding hydrogens is 218 g/mol. The van der Waals surface area contributed by atoms with E-state index in [4.69, 9.17) is 5.73 Å². The lowest BCUT2D eigenvalue weighted by atomic mass is 9.81. The molecule has 5 nitrogen and oxygen atoms in total. The van der Waals surface area contributed by atoms with Crippen LogP contribution in [0, 0.1) is 5.41 Å². The molecule has 1 aliphatic rings. The van der Waals surface area contributed by atoms with Crippen LogP contribution in [0.4, 0.5) is 0 Å². The highest BCUT2D eigenvalue weighted by atomic mass is 16.2. The van der Waals surface area contributed by atoms with Gasteiger partial charge >= 0.3 is 0 Å². The van der Waals surface area contributed by atoms with Crippen LogP contribution in [0.15, 0.2) is 0 Å². The third-order valence-electron chi connectivity index (χ3n) is 3.82. The second kappa shape index (κ2) is 6.00. The molecule has 1 aliphatic heterocycles. The Morgan fingerprint density at radius 3 is 2.59 bits per heavy atom. The van der Waals surface area contributed by atoms with Crippen molar-refractivity contribution < 1.29 is 9.59 Å². The molecule has 98 valence electrons. The zero-order valence-electron chi connectivity index (χ0n) is 10.7. The molecule has 0 aromatic rings. The fourth-order valence-corrected chi connectivity index (χ4v) is 2.19. The molecule has 17 heavy (non-hydrogen) atoms. The number of nitrogens with two attached hydrogens (primary N) is 1. The van der Waals surface area contributed by atoms with Gasteiger partial charge in [-0.1, -0.05) is 13.8 Å². The van der Waals surface area contributed by atoms with Crippen molar-refractivity contribution in [1.29, 1.82) is 0 Å². The Kier molecular flexibility index (Phi) is 4.93. The van der Waals surface area contributed by atoms with Crippen LogP contribution < -0.4 is 16.4 Å². The topological polar surface area (TPSA) is 84.2 Å². The monoisotopic (exact) mass is 241 g/mol. The van der Waals surface area contributed by atoms with Crippen molar-refractivity contribution in [3.8, 4) is 0 Å². The van der Waals surface area contributed by atoms with Crippen LogP contribution in [0.25, 0.3) is 0 Å². The first-order chi connectivity index (χ1) is 8.07. The third kappa shape index (κ3) is 3.19. The maximum absolute atomic E-state index is 12.1. The van der Waals surface area contributed by atoms with E-state index < -0.39 is 5.41 Å². The maximum Gasteiger partial charge on any atom is 0.227 e. The molecule has 0 aliphatic carbocycles. The minimum atomic E-state index is -0.456. The van der Waals surface area contributed by atoms with E-state index in [2.05, 4.69) is 10.6 Å². The zero-order valence-corrected chi connectivity index (χ0v) is 10.7. The first kappa shape index (κ1) is 14.0. The van der Waals surface area contributed by atoms with Gasteiger partial charge < -0.3 is 16.4 Å². The first-order valence-corrected chi connectivity index (χ1v) is 6.35. The summed E-state index contributed by atoms with van der Waals surface area (Å²) in [7, 11) is 0. The molecule has 1 unspecified atom stereocenters. The van der Waals surface area contributed by atoms with Crippen molar-refractivity contribution in [1.82, 2.24) is 10.6 Å². The molecule has 1 atom stereocenters. The van der Waals surface area contributed by atoms with E-state index in [0.29, 0.717) is 19.5 Å². The van der Waals surface area contributed by atoms with Crippen molar-refractivity contribution in [2.45, 2.75) is 45.6 Å². The first-order valence-electron chi connectivity index (χ1n) is 6.35. The smallest absolute Gasteiger partial charge is 0.227 e. The minimum absolute atomic E-state index is 0.00569. The Morgan fingerprint density at radius 2 is 2.18 bits per heavy atom. The van der Waals surface area contributed by atoms with Gasteiger partial charge in [-0.25, -0.2) is 0 Å². The van der Waals surface area contributed by atoms with Gasteiger partial charge in [-0.05, 0) is 19.3 Å². The summed E-state index contributed by atoms with van der Waals surface area (Å²) in [5, 5.41) is 5.73. The molecule has 0 spiro atoms. The van der Waals surface area contributed by atoms with Crippen LogP contribution >= 0.6 is 0 Å². The van der Waals surface area contributed by atoms with Crippen LogP contribution in [0.3, 0.4) is 0 Å². The van der Waals surface area contributed by atoms with Gasteiger partial charge in [0.05, 0.1) is 5.41 Å². The summed E-state index contributed by atoms with van der Waals surface area (Å²) >= 11 is 0. The van der Waals surface area contributed by atoms with Crippen molar-refractivity contribution >= 4 is 11.8 Å². The van der Waals surface area contributed by atoms with Gasteiger partial charge in [0.1, 0.15) is 0 Å². The predicted molar refractivity (Wildman–Crippen MR) is 66.2 cm³/mol. The van der Waals surface area contributed by atoms with Gasteiger partial charge in [0.25, 0.3) is 0 Å². The average Bonchev–Trinajstić information content (AvgIpc) is 2.75. The SMILES string of the molecule is CCC(CC)(CN)C(=O)NCC1CCC(=O)N1. The fraction of sp³-hybridized carbons (Fsp3) is 0.833. The number of nitrogens with one attached hydrogen (secondary N) is 2. The van der Waals surface area contributed by atoms with Gasteiger partial charge in [0.15, 0.2) is 0 Å². The van der Waals surface area contributed by atoms with E-state index in [9.17, 15) is 9.59 Å². The maximum atomic E-state index is 12.1. The summed E-state index contributed by atoms with van der Waals surface area (Å²) in [6.45, 7) is 4.83. The Bertz CT molecular complexity index is 279. The number of amides is 2. The van der Waals surface area contributed by atoms with E-state index >= 15 is 0 Å². The van der Waals surface area contributed by atoms with E-state index in [-0.39, 0.29) is 17.9 Å². The van der Waals surface area contributed by atoms with E-state index in [1.807, 2.05) is 13.8 Å². The molecule has 5 heteroatoms. The molecular formula is C12H23N3O2. The minimum Gasteiger partial charge on any atom is -0.354 e. The summed E-state index contributed by atoms with van der Waals surface area (Å²) in [6.07, 6.45) is 2.84. The van der Waals surface area contributed by atoms with Gasteiger partial charge in [-0.3, -0.25) is 9.59 Å². The molecule has 1 fully saturated rings. The molecule has 0 bridgehead atoms. The molecule has 4 N–H and O–H groups in total. The quantitative estimate of drug-likeness (QED) is 0.618. The van der Waals surface area contributed by atoms with Crippen LogP contribution in [0.5, 0.6) is 0 Å². The van der Waals surface area contributed by atoms with Crippen molar-refractivity contribution in [2.24, 2.45) is 11.1 Å². The second-order valence-corrected chi connectivity index (χ2v) is 4.70. The number of carbonyl (C=O) groups is 2. The van der Waals surface area contributed by atoms with E-state index in [1.165, 1.54) is 0 Å². The third-order valence-corrected chi connectivity index (χ3v) is 3.82. The normalized spacial score (nSPS) is 20.2. The van der Waals surface area contributed by atoms with Gasteiger partial charge in [-0.15, -0.1) is 0 Å².